The molecule has 1 heterocycles. The first-order chi connectivity index (χ1) is 48.6. The van der Waals surface area contributed by atoms with Crippen LogP contribution in [0.1, 0.15) is 109 Å². The predicted octanol–water partition coefficient (Wildman–Crippen LogP) is -1.71. The van der Waals surface area contributed by atoms with Crippen LogP contribution in [0.3, 0.4) is 0 Å². The molecule has 0 saturated carbocycles. The number of aromatic amines is 1. The lowest BCUT2D eigenvalue weighted by atomic mass is 9.99. The molecule has 0 bridgehead atoms. The lowest BCUT2D eigenvalue weighted by Gasteiger charge is -2.28. The van der Waals surface area contributed by atoms with Crippen LogP contribution >= 0.6 is 11.8 Å². The van der Waals surface area contributed by atoms with E-state index in [9.17, 15) is 87.5 Å². The molecule has 4 rings (SSSR count). The molecule has 0 aliphatic rings. The first-order valence-electron chi connectivity index (χ1n) is 33.3. The van der Waals surface area contributed by atoms with Gasteiger partial charge in [-0.3, -0.25) is 72.1 Å². The second-order valence-electron chi connectivity index (χ2n) is 25.5. The van der Waals surface area contributed by atoms with Crippen molar-refractivity contribution in [2.75, 3.05) is 18.6 Å². The Morgan fingerprint density at radius 2 is 0.913 bits per heavy atom. The normalized spacial score (nSPS) is 14.3. The number of nitrogens with zero attached hydrogens (tertiary/aromatic N) is 1. The van der Waals surface area contributed by atoms with Gasteiger partial charge in [-0.25, -0.2) is 0 Å². The van der Waals surface area contributed by atoms with Gasteiger partial charge in [0.25, 0.3) is 0 Å². The van der Waals surface area contributed by atoms with Gasteiger partial charge in [0, 0.05) is 49.3 Å². The summed E-state index contributed by atoms with van der Waals surface area (Å²) in [7, 11) is 0. The summed E-state index contributed by atoms with van der Waals surface area (Å²) < 4.78 is 0. The SMILES string of the molecule is CSCC[C@H](NC(=O)[C@H](CCC(=O)O)NC(=O)[C@H](CCCN=C(N)N)NC(=O)[C@@H](N)CC(C)C)C(=O)N[C@@H](CC(N)=O)C(=O)N[C@@H](Cc1c[nH]c2ccccc12)C(=O)N[C@@H](CC(C)C)C(=O)N[C@@H](CC(=O)O)C(=O)N[C@@H](Cc1ccc(O)cc1)C(=O)N[C@@H](Cc1ccccc1)C(=O)N[C@@H](C)C(=O)O. The van der Waals surface area contributed by atoms with E-state index in [0.29, 0.717) is 27.6 Å². The van der Waals surface area contributed by atoms with E-state index < -0.39 is 181 Å². The number of benzene rings is 3. The van der Waals surface area contributed by atoms with E-state index in [-0.39, 0.29) is 81.3 Å². The molecule has 11 atom stereocenters. The molecular formula is C68H96N16O18S. The predicted molar refractivity (Wildman–Crippen MR) is 379 cm³/mol. The molecule has 0 unspecified atom stereocenters. The minimum atomic E-state index is -1.99. The number of carboxylic acid groups (broad SMARTS) is 3. The zero-order valence-corrected chi connectivity index (χ0v) is 59.0. The molecule has 4 aromatic rings. The Bertz CT molecular complexity index is 3630. The fourth-order valence-electron chi connectivity index (χ4n) is 10.6. The van der Waals surface area contributed by atoms with Crippen molar-refractivity contribution in [1.82, 2.24) is 58.2 Å². The number of rotatable bonds is 45. The van der Waals surface area contributed by atoms with E-state index in [1.54, 1.807) is 80.9 Å². The van der Waals surface area contributed by atoms with Crippen molar-refractivity contribution >= 4 is 112 Å². The van der Waals surface area contributed by atoms with Gasteiger partial charge < -0.3 is 102 Å². The number of aromatic hydroxyl groups is 1. The number of para-hydroxylation sites is 1. The van der Waals surface area contributed by atoms with E-state index in [2.05, 4.69) is 63.1 Å². The van der Waals surface area contributed by atoms with Gasteiger partial charge >= 0.3 is 17.9 Å². The number of primary amides is 1. The van der Waals surface area contributed by atoms with Crippen LogP contribution in [0.5, 0.6) is 5.75 Å². The van der Waals surface area contributed by atoms with Gasteiger partial charge in [-0.2, -0.15) is 11.8 Å². The summed E-state index contributed by atoms with van der Waals surface area (Å²) in [6.07, 6.45) is -0.909. The van der Waals surface area contributed by atoms with Crippen molar-refractivity contribution in [3.05, 3.63) is 102 Å². The molecule has 23 N–H and O–H groups in total. The van der Waals surface area contributed by atoms with E-state index in [0.717, 1.165) is 0 Å². The Balaban J connectivity index is 1.68. The number of nitrogens with one attached hydrogen (secondary N) is 11. The summed E-state index contributed by atoms with van der Waals surface area (Å²) in [6.45, 7) is 8.23. The van der Waals surface area contributed by atoms with Gasteiger partial charge in [0.1, 0.15) is 66.2 Å². The Kier molecular flexibility index (Phi) is 34.8. The summed E-state index contributed by atoms with van der Waals surface area (Å²) in [5.41, 5.74) is 24.6. The number of fused-ring (bicyclic) bond motifs is 1. The van der Waals surface area contributed by atoms with Crippen molar-refractivity contribution in [1.29, 1.82) is 0 Å². The molecule has 34 nitrogen and oxygen atoms in total. The topological polar surface area (TPSA) is 572 Å². The number of carboxylic acids is 3. The molecule has 562 valence electrons. The standard InChI is InChI=1S/C68H96N16O18S/c1-35(2)27-43(69)57(91)76-45(17-12-25-73-68(71)72)58(92)77-46(22-23-55(87)88)59(93)78-47(24-26-103-6)60(94)83-52(32-54(70)86)65(99)82-51(31-40-34-74-44-16-11-10-15-42(40)44)64(98)79-48(28-36(3)4)62(96)84-53(33-56(89)90)66(100)81-50(30-39-18-20-41(85)21-19-39)63(97)80-49(29-38-13-8-7-9-14-38)61(95)75-37(5)67(101)102/h7-11,13-16,18-21,34-37,43,45-53,74,85H,12,17,22-33,69H2,1-6H3,(H2,70,86)(H,75,95)(H,76,91)(H,77,92)(H,78,93)(H,79,98)(H,80,97)(H,81,100)(H,82,99)(H,83,94)(H,84,96)(H,87,88)(H,89,90)(H,101,102)(H4,71,72,73)/t37-,43-,45-,46-,47-,48-,49-,50-,51-,52-,53-/m0/s1. The highest BCUT2D eigenvalue weighted by Crippen LogP contribution is 2.21. The molecule has 0 radical (unpaired) electrons. The summed E-state index contributed by atoms with van der Waals surface area (Å²) in [6, 6.07) is 3.26. The van der Waals surface area contributed by atoms with Crippen molar-refractivity contribution in [2.45, 2.75) is 178 Å². The minimum absolute atomic E-state index is 0.0108. The minimum Gasteiger partial charge on any atom is -0.508 e. The number of amides is 11. The second kappa shape index (κ2) is 42.4. The summed E-state index contributed by atoms with van der Waals surface area (Å²) in [5, 5.41) is 64.9. The number of phenols is 1. The van der Waals surface area contributed by atoms with Gasteiger partial charge in [-0.15, -0.1) is 0 Å². The molecule has 103 heavy (non-hydrogen) atoms. The highest BCUT2D eigenvalue weighted by molar-refractivity contribution is 7.98. The molecule has 35 heteroatoms. The molecular weight excluding hydrogens is 1360 g/mol. The monoisotopic (exact) mass is 1460 g/mol. The molecule has 3 aromatic carbocycles. The number of aliphatic carboxylic acids is 3. The Labute approximate surface area is 598 Å². The molecule has 0 saturated heterocycles. The fourth-order valence-corrected chi connectivity index (χ4v) is 11.1. The average molecular weight is 1460 g/mol. The Morgan fingerprint density at radius 1 is 0.476 bits per heavy atom. The molecule has 11 amide bonds. The Hall–Kier alpha value is -10.8. The molecule has 0 spiro atoms. The summed E-state index contributed by atoms with van der Waals surface area (Å²) in [4.78, 5) is 199. The van der Waals surface area contributed by atoms with Crippen molar-refractivity contribution < 1.29 is 87.5 Å². The number of thioether (sulfide) groups is 1. The zero-order valence-electron chi connectivity index (χ0n) is 58.2. The largest absolute Gasteiger partial charge is 0.508 e. The van der Waals surface area contributed by atoms with Gasteiger partial charge in [0.2, 0.25) is 65.0 Å². The van der Waals surface area contributed by atoms with E-state index >= 15 is 0 Å². The van der Waals surface area contributed by atoms with E-state index in [4.69, 9.17) is 22.9 Å². The van der Waals surface area contributed by atoms with Gasteiger partial charge in [-0.05, 0) is 104 Å². The van der Waals surface area contributed by atoms with Crippen LogP contribution < -0.4 is 76.1 Å². The molecule has 0 fully saturated rings. The smallest absolute Gasteiger partial charge is 0.325 e. The number of carbonyl (C=O) groups excluding carboxylic acids is 11. The first kappa shape index (κ1) is 84.6. The third-order valence-corrected chi connectivity index (χ3v) is 16.6. The number of H-pyrrole nitrogens is 1. The van der Waals surface area contributed by atoms with Crippen molar-refractivity contribution in [3.8, 4) is 5.75 Å². The highest BCUT2D eigenvalue weighted by atomic mass is 32.2. The third kappa shape index (κ3) is 30.1. The van der Waals surface area contributed by atoms with Gasteiger partial charge in [-0.1, -0.05) is 88.4 Å². The third-order valence-electron chi connectivity index (χ3n) is 15.9. The number of phenolic OH excluding ortho intramolecular Hbond substituents is 1. The second-order valence-corrected chi connectivity index (χ2v) is 26.5. The number of aromatic nitrogens is 1. The van der Waals surface area contributed by atoms with Crippen LogP contribution in [0.25, 0.3) is 10.9 Å². The van der Waals surface area contributed by atoms with Crippen LogP contribution in [0.15, 0.2) is 90.1 Å². The highest BCUT2D eigenvalue weighted by Gasteiger charge is 2.38. The fraction of sp³-hybridized carbons (Fsp3) is 0.485. The number of hydrogen-bond acceptors (Lipinski definition) is 18. The number of aliphatic imine (C=N–C) groups is 1. The lowest BCUT2D eigenvalue weighted by Crippen LogP contribution is -2.61. The van der Waals surface area contributed by atoms with Gasteiger partial charge in [0.15, 0.2) is 5.96 Å². The lowest BCUT2D eigenvalue weighted by molar-refractivity contribution is -0.142. The summed E-state index contributed by atoms with van der Waals surface area (Å²) >= 11 is 1.23. The van der Waals surface area contributed by atoms with Crippen LogP contribution in [0.4, 0.5) is 0 Å². The Morgan fingerprint density at radius 3 is 1.43 bits per heavy atom. The maximum Gasteiger partial charge on any atom is 0.325 e. The molecule has 1 aromatic heterocycles. The number of carbonyl (C=O) groups is 14. The van der Waals surface area contributed by atoms with Gasteiger partial charge in [0.05, 0.1) is 18.9 Å². The maximum atomic E-state index is 15.0. The van der Waals surface area contributed by atoms with Crippen LogP contribution in [-0.2, 0) is 86.4 Å². The van der Waals surface area contributed by atoms with Crippen LogP contribution in [-0.4, -0.2) is 199 Å². The average Bonchev–Trinajstić information content (AvgIpc) is 1.72. The van der Waals surface area contributed by atoms with E-state index in [1.165, 1.54) is 43.0 Å². The number of hydrogen-bond donors (Lipinski definition) is 19. The number of guanidine groups is 1. The van der Waals surface area contributed by atoms with Crippen LogP contribution in [0, 0.1) is 11.8 Å². The maximum absolute atomic E-state index is 15.0. The quantitative estimate of drug-likeness (QED) is 0.0133. The molecule has 0 aliphatic carbocycles. The van der Waals surface area contributed by atoms with Crippen LogP contribution in [0.2, 0.25) is 0 Å². The van der Waals surface area contributed by atoms with E-state index in [1.807, 2.05) is 13.8 Å². The van der Waals surface area contributed by atoms with Crippen molar-refractivity contribution in [3.63, 3.8) is 0 Å². The molecule has 0 aliphatic heterocycles. The zero-order chi connectivity index (χ0) is 76.6. The summed E-state index contributed by atoms with van der Waals surface area (Å²) in [5.74, 6) is -16.5. The number of nitrogens with two attached hydrogens (primary N) is 4. The first-order valence-corrected chi connectivity index (χ1v) is 34.7. The van der Waals surface area contributed by atoms with Crippen molar-refractivity contribution in [2.24, 2.45) is 39.8 Å².